The third-order valence-corrected chi connectivity index (χ3v) is 10.7. The van der Waals surface area contributed by atoms with Crippen LogP contribution in [-0.4, -0.2) is 49.9 Å². The highest BCUT2D eigenvalue weighted by Gasteiger charge is 2.46. The van der Waals surface area contributed by atoms with Gasteiger partial charge in [0.05, 0.1) is 0 Å². The summed E-state index contributed by atoms with van der Waals surface area (Å²) < 4.78 is 5.01. The first-order valence-corrected chi connectivity index (χ1v) is 9.66. The molecule has 0 amide bonds. The molecular weight excluding hydrogens is 258 g/mol. The fraction of sp³-hybridized carbons (Fsp3) is 0.571. The van der Waals surface area contributed by atoms with Crippen molar-refractivity contribution in [3.63, 3.8) is 0 Å². The lowest BCUT2D eigenvalue weighted by Gasteiger charge is -2.52. The Balaban J connectivity index is 2.04. The van der Waals surface area contributed by atoms with Crippen LogP contribution in [0.3, 0.4) is 0 Å². The number of benzene rings is 1. The van der Waals surface area contributed by atoms with Crippen molar-refractivity contribution in [1.82, 2.24) is 9.34 Å². The molecule has 0 aliphatic carbocycles. The number of rotatable bonds is 2. The average molecular weight is 280 g/mol. The molecule has 4 unspecified atom stereocenters. The molecule has 18 heavy (non-hydrogen) atoms. The Bertz CT molecular complexity index is 406. The molecule has 3 heterocycles. The van der Waals surface area contributed by atoms with Crippen LogP contribution in [0.4, 0.5) is 0 Å². The molecule has 1 fully saturated rings. The summed E-state index contributed by atoms with van der Waals surface area (Å²) in [5.74, 6) is 0. The molecule has 0 N–H and O–H groups in total. The van der Waals surface area contributed by atoms with Gasteiger partial charge in [0.2, 0.25) is 0 Å². The smallest absolute Gasteiger partial charge is 0.0229 e. The minimum Gasteiger partial charge on any atom is -0.288 e. The standard InChI is InChI=1S/C14H22N2P2/c1-15(2)17-9-14-12-8-6-5-7-11(12)13(17)10-18(14)16(3)4/h5-8,13-14H,9-10H2,1-4H3. The van der Waals surface area contributed by atoms with Crippen LogP contribution in [0.15, 0.2) is 24.3 Å². The van der Waals surface area contributed by atoms with Crippen molar-refractivity contribution in [2.24, 2.45) is 0 Å². The first-order valence-electron chi connectivity index (χ1n) is 6.56. The summed E-state index contributed by atoms with van der Waals surface area (Å²) in [6.07, 6.45) is 2.82. The fourth-order valence-corrected chi connectivity index (χ4v) is 10.3. The van der Waals surface area contributed by atoms with Crippen LogP contribution < -0.4 is 0 Å². The third kappa shape index (κ3) is 1.95. The van der Waals surface area contributed by atoms with Crippen LogP contribution in [0.5, 0.6) is 0 Å². The minimum absolute atomic E-state index is 0.0404. The monoisotopic (exact) mass is 280 g/mol. The Hall–Kier alpha value is -0.0000000000000000208. The van der Waals surface area contributed by atoms with E-state index in [1.54, 1.807) is 11.1 Å². The predicted molar refractivity (Wildman–Crippen MR) is 82.9 cm³/mol. The Kier molecular flexibility index (Phi) is 3.49. The minimum atomic E-state index is 0.0404. The lowest BCUT2D eigenvalue weighted by molar-refractivity contribution is 0.620. The Morgan fingerprint density at radius 3 is 1.56 bits per heavy atom. The van der Waals surface area contributed by atoms with E-state index >= 15 is 0 Å². The Morgan fingerprint density at radius 2 is 1.22 bits per heavy atom. The number of hydrogen-bond acceptors (Lipinski definition) is 2. The highest BCUT2D eigenvalue weighted by atomic mass is 31.1. The molecule has 3 aliphatic heterocycles. The fourth-order valence-electron chi connectivity index (χ4n) is 3.32. The zero-order valence-electron chi connectivity index (χ0n) is 11.7. The second kappa shape index (κ2) is 4.84. The van der Waals surface area contributed by atoms with E-state index in [0.717, 1.165) is 11.3 Å². The maximum atomic E-state index is 2.51. The lowest BCUT2D eigenvalue weighted by Crippen LogP contribution is -2.32. The highest BCUT2D eigenvalue weighted by molar-refractivity contribution is 7.64. The van der Waals surface area contributed by atoms with Gasteiger partial charge in [-0.2, -0.15) is 0 Å². The van der Waals surface area contributed by atoms with Crippen molar-refractivity contribution in [1.29, 1.82) is 0 Å². The average Bonchev–Trinajstić information content (AvgIpc) is 2.38. The van der Waals surface area contributed by atoms with E-state index in [-0.39, 0.29) is 16.1 Å². The first kappa shape index (κ1) is 13.0. The first-order chi connectivity index (χ1) is 8.59. The van der Waals surface area contributed by atoms with Gasteiger partial charge in [-0.25, -0.2) is 0 Å². The number of nitrogens with zero attached hydrogens (tertiary/aromatic N) is 2. The maximum Gasteiger partial charge on any atom is 0.0229 e. The second-order valence-electron chi connectivity index (χ2n) is 5.60. The lowest BCUT2D eigenvalue weighted by atomic mass is 10.0. The molecule has 2 nitrogen and oxygen atoms in total. The van der Waals surface area contributed by atoms with Gasteiger partial charge in [0.1, 0.15) is 0 Å². The number of fused-ring (bicyclic) bond motifs is 2. The summed E-state index contributed by atoms with van der Waals surface area (Å²) in [6.45, 7) is 0. The molecule has 4 atom stereocenters. The van der Waals surface area contributed by atoms with Gasteiger partial charge in [0, 0.05) is 11.3 Å². The third-order valence-electron chi connectivity index (χ3n) is 4.18. The predicted octanol–water partition coefficient (Wildman–Crippen LogP) is 3.71. The van der Waals surface area contributed by atoms with Gasteiger partial charge in [-0.15, -0.1) is 0 Å². The summed E-state index contributed by atoms with van der Waals surface area (Å²) in [6, 6.07) is 9.21. The van der Waals surface area contributed by atoms with Crippen LogP contribution in [-0.2, 0) is 0 Å². The molecule has 0 aromatic heterocycles. The van der Waals surface area contributed by atoms with E-state index in [0.29, 0.717) is 0 Å². The van der Waals surface area contributed by atoms with Crippen LogP contribution in [0.1, 0.15) is 22.4 Å². The highest BCUT2D eigenvalue weighted by Crippen LogP contribution is 2.75. The maximum absolute atomic E-state index is 2.51. The quantitative estimate of drug-likeness (QED) is 0.762. The van der Waals surface area contributed by atoms with Crippen molar-refractivity contribution in [2.45, 2.75) is 11.3 Å². The van der Waals surface area contributed by atoms with Crippen LogP contribution in [0.25, 0.3) is 0 Å². The Morgan fingerprint density at radius 1 is 0.833 bits per heavy atom. The molecule has 0 saturated carbocycles. The molecule has 1 aromatic rings. The van der Waals surface area contributed by atoms with E-state index in [4.69, 9.17) is 0 Å². The molecule has 2 bridgehead atoms. The Labute approximate surface area is 113 Å². The second-order valence-corrected chi connectivity index (χ2v) is 10.9. The van der Waals surface area contributed by atoms with E-state index < -0.39 is 0 Å². The summed E-state index contributed by atoms with van der Waals surface area (Å²) in [5.41, 5.74) is 4.94. The van der Waals surface area contributed by atoms with Crippen molar-refractivity contribution in [3.8, 4) is 0 Å². The van der Waals surface area contributed by atoms with E-state index in [2.05, 4.69) is 61.8 Å². The molecule has 98 valence electrons. The van der Waals surface area contributed by atoms with Gasteiger partial charge < -0.3 is 0 Å². The van der Waals surface area contributed by atoms with Crippen molar-refractivity contribution in [3.05, 3.63) is 35.4 Å². The van der Waals surface area contributed by atoms with Crippen molar-refractivity contribution < 1.29 is 0 Å². The van der Waals surface area contributed by atoms with Crippen molar-refractivity contribution >= 4 is 16.1 Å². The number of hydrogen-bond donors (Lipinski definition) is 0. The molecular formula is C14H22N2P2. The van der Waals surface area contributed by atoms with E-state index in [1.165, 1.54) is 12.3 Å². The van der Waals surface area contributed by atoms with Gasteiger partial charge in [-0.3, -0.25) is 9.34 Å². The molecule has 1 saturated heterocycles. The molecule has 0 radical (unpaired) electrons. The van der Waals surface area contributed by atoms with Gasteiger partial charge >= 0.3 is 0 Å². The van der Waals surface area contributed by atoms with Crippen LogP contribution in [0, 0.1) is 0 Å². The normalized spacial score (nSPS) is 34.1. The van der Waals surface area contributed by atoms with Gasteiger partial charge in [-0.1, -0.05) is 24.3 Å². The van der Waals surface area contributed by atoms with Gasteiger partial charge in [0.25, 0.3) is 0 Å². The summed E-state index contributed by atoms with van der Waals surface area (Å²) in [4.78, 5) is 0. The van der Waals surface area contributed by atoms with Gasteiger partial charge in [0.15, 0.2) is 0 Å². The van der Waals surface area contributed by atoms with E-state index in [1.807, 2.05) is 0 Å². The van der Waals surface area contributed by atoms with E-state index in [9.17, 15) is 0 Å². The SMILES string of the molecule is CN(C)P1CC2c3ccccc3C1CP2N(C)C. The summed E-state index contributed by atoms with van der Waals surface area (Å²) >= 11 is 0. The molecule has 1 aromatic carbocycles. The molecule has 3 aliphatic rings. The largest absolute Gasteiger partial charge is 0.288 e. The zero-order valence-corrected chi connectivity index (χ0v) is 13.5. The molecule has 4 rings (SSSR count). The topological polar surface area (TPSA) is 6.48 Å². The van der Waals surface area contributed by atoms with Crippen LogP contribution in [0.2, 0.25) is 0 Å². The van der Waals surface area contributed by atoms with Crippen LogP contribution >= 0.6 is 16.1 Å². The van der Waals surface area contributed by atoms with Gasteiger partial charge in [-0.05, 0) is 67.8 Å². The van der Waals surface area contributed by atoms with Crippen molar-refractivity contribution in [2.75, 3.05) is 40.5 Å². The molecule has 4 heteroatoms. The molecule has 0 spiro atoms. The summed E-state index contributed by atoms with van der Waals surface area (Å²) in [7, 11) is 9.16. The zero-order chi connectivity index (χ0) is 12.9. The summed E-state index contributed by atoms with van der Waals surface area (Å²) in [5, 5.41) is 0.